The predicted octanol–water partition coefficient (Wildman–Crippen LogP) is 4.89. The molecule has 7 nitrogen and oxygen atoms in total. The Kier molecular flexibility index (Phi) is 6.62. The van der Waals surface area contributed by atoms with E-state index in [1.54, 1.807) is 30.2 Å². The van der Waals surface area contributed by atoms with Gasteiger partial charge in [0.2, 0.25) is 15.6 Å². The lowest BCUT2D eigenvalue weighted by Crippen LogP contribution is -2.37. The minimum atomic E-state index is -4.43. The van der Waals surface area contributed by atoms with Crippen molar-refractivity contribution in [3.63, 3.8) is 0 Å². The second-order valence-electron chi connectivity index (χ2n) is 10.7. The highest BCUT2D eigenvalue weighted by atomic mass is 32.2. The van der Waals surface area contributed by atoms with Gasteiger partial charge in [0.25, 0.3) is 0 Å². The van der Waals surface area contributed by atoms with Crippen molar-refractivity contribution in [1.29, 1.82) is 0 Å². The summed E-state index contributed by atoms with van der Waals surface area (Å²) in [7, 11) is -2.75. The summed E-state index contributed by atoms with van der Waals surface area (Å²) in [6, 6.07) is 20.1. The van der Waals surface area contributed by atoms with Crippen LogP contribution in [0.25, 0.3) is 16.6 Å². The number of fused-ring (bicyclic) bond motifs is 1. The van der Waals surface area contributed by atoms with Gasteiger partial charge in [-0.3, -0.25) is 4.79 Å². The van der Waals surface area contributed by atoms with Crippen molar-refractivity contribution in [2.75, 3.05) is 13.1 Å². The zero-order valence-electron chi connectivity index (χ0n) is 22.6. The van der Waals surface area contributed by atoms with Crippen molar-refractivity contribution < 1.29 is 17.2 Å². The van der Waals surface area contributed by atoms with Crippen LogP contribution in [0.3, 0.4) is 0 Å². The second-order valence-corrected chi connectivity index (χ2v) is 12.6. The number of hydrogen-bond donors (Lipinski definition) is 0. The van der Waals surface area contributed by atoms with Gasteiger partial charge in [0.15, 0.2) is 4.90 Å². The SMILES string of the molecule is Cc1cc2c(cnn2-c2ccc(=O)n(C)c2)cc1C1(Cc2ccccc2)CCN(S(=O)(=O)c2c(F)cccc2F)C1. The Labute approximate surface area is 236 Å². The molecule has 10 heteroatoms. The van der Waals surface area contributed by atoms with E-state index >= 15 is 0 Å². The third-order valence-electron chi connectivity index (χ3n) is 8.02. The summed E-state index contributed by atoms with van der Waals surface area (Å²) in [4.78, 5) is 11.0. The standard InChI is InChI=1S/C31H28F2N4O3S/c1-21-15-28-23(18-34-37(28)24-11-12-29(38)35(2)19-24)16-25(21)31(17-22-7-4-3-5-8-22)13-14-36(20-31)41(39,40)30-26(32)9-6-10-27(30)33/h3-12,15-16,18-19H,13-14,17,20H2,1-2H3. The van der Waals surface area contributed by atoms with Crippen molar-refractivity contribution in [2.45, 2.75) is 30.1 Å². The molecule has 0 N–H and O–H groups in total. The highest BCUT2D eigenvalue weighted by Gasteiger charge is 2.46. The van der Waals surface area contributed by atoms with E-state index < -0.39 is 32.0 Å². The molecule has 2 aromatic heterocycles. The zero-order chi connectivity index (χ0) is 28.9. The van der Waals surface area contributed by atoms with Crippen LogP contribution in [0.1, 0.15) is 23.1 Å². The fourth-order valence-electron chi connectivity index (χ4n) is 6.00. The number of pyridine rings is 1. The van der Waals surface area contributed by atoms with Crippen LogP contribution in [0.15, 0.2) is 94.9 Å². The molecule has 0 amide bonds. The highest BCUT2D eigenvalue weighted by Crippen LogP contribution is 2.43. The summed E-state index contributed by atoms with van der Waals surface area (Å²) >= 11 is 0. The number of aryl methyl sites for hydroxylation is 2. The number of benzene rings is 3. The van der Waals surface area contributed by atoms with E-state index in [2.05, 4.69) is 5.10 Å². The molecule has 210 valence electrons. The van der Waals surface area contributed by atoms with Crippen LogP contribution in [0.2, 0.25) is 0 Å². The van der Waals surface area contributed by atoms with Gasteiger partial charge in [-0.15, -0.1) is 0 Å². The number of rotatable bonds is 6. The van der Waals surface area contributed by atoms with Crippen LogP contribution >= 0.6 is 0 Å². The maximum absolute atomic E-state index is 14.6. The van der Waals surface area contributed by atoms with Gasteiger partial charge < -0.3 is 4.57 Å². The van der Waals surface area contributed by atoms with Gasteiger partial charge in [-0.25, -0.2) is 21.9 Å². The molecule has 1 aliphatic heterocycles. The molecule has 1 atom stereocenters. The van der Waals surface area contributed by atoms with E-state index in [0.29, 0.717) is 12.8 Å². The first kappa shape index (κ1) is 27.0. The molecule has 0 radical (unpaired) electrons. The van der Waals surface area contributed by atoms with Crippen LogP contribution in [-0.2, 0) is 28.9 Å². The Morgan fingerprint density at radius 2 is 1.71 bits per heavy atom. The van der Waals surface area contributed by atoms with Gasteiger partial charge in [0.1, 0.15) is 11.6 Å². The first-order chi connectivity index (χ1) is 19.6. The number of sulfonamides is 1. The molecular weight excluding hydrogens is 546 g/mol. The van der Waals surface area contributed by atoms with Gasteiger partial charge in [0.05, 0.1) is 17.4 Å². The molecule has 1 fully saturated rings. The van der Waals surface area contributed by atoms with Crippen molar-refractivity contribution in [3.05, 3.63) is 124 Å². The largest absolute Gasteiger partial charge is 0.316 e. The summed E-state index contributed by atoms with van der Waals surface area (Å²) in [5.74, 6) is -2.21. The topological polar surface area (TPSA) is 77.2 Å². The lowest BCUT2D eigenvalue weighted by molar-refractivity contribution is 0.408. The van der Waals surface area contributed by atoms with E-state index in [4.69, 9.17) is 0 Å². The molecule has 3 aromatic carbocycles. The predicted molar refractivity (Wildman–Crippen MR) is 153 cm³/mol. The van der Waals surface area contributed by atoms with Gasteiger partial charge >= 0.3 is 0 Å². The quantitative estimate of drug-likeness (QED) is 0.290. The maximum atomic E-state index is 14.6. The minimum Gasteiger partial charge on any atom is -0.316 e. The van der Waals surface area contributed by atoms with Crippen LogP contribution in [0.5, 0.6) is 0 Å². The fraction of sp³-hybridized carbons (Fsp3) is 0.226. The molecule has 3 heterocycles. The third kappa shape index (κ3) is 4.66. The minimum absolute atomic E-state index is 0.0687. The summed E-state index contributed by atoms with van der Waals surface area (Å²) in [5, 5.41) is 5.43. The van der Waals surface area contributed by atoms with E-state index in [-0.39, 0.29) is 18.6 Å². The Balaban J connectivity index is 1.46. The van der Waals surface area contributed by atoms with E-state index in [9.17, 15) is 22.0 Å². The molecule has 0 aliphatic carbocycles. The van der Waals surface area contributed by atoms with Crippen LogP contribution in [0, 0.1) is 18.6 Å². The number of nitrogens with zero attached hydrogens (tertiary/aromatic N) is 4. The molecule has 0 spiro atoms. The smallest absolute Gasteiger partial charge is 0.250 e. The maximum Gasteiger partial charge on any atom is 0.250 e. The van der Waals surface area contributed by atoms with Gasteiger partial charge in [-0.2, -0.15) is 9.40 Å². The highest BCUT2D eigenvalue weighted by molar-refractivity contribution is 7.89. The summed E-state index contributed by atoms with van der Waals surface area (Å²) in [5.41, 5.74) is 3.74. The molecule has 41 heavy (non-hydrogen) atoms. The van der Waals surface area contributed by atoms with Crippen LogP contribution in [-0.4, -0.2) is 40.2 Å². The van der Waals surface area contributed by atoms with E-state index in [1.165, 1.54) is 14.9 Å². The second kappa shape index (κ2) is 10.0. The molecule has 0 saturated carbocycles. The monoisotopic (exact) mass is 574 g/mol. The van der Waals surface area contributed by atoms with Crippen molar-refractivity contribution in [1.82, 2.24) is 18.7 Å². The number of hydrogen-bond acceptors (Lipinski definition) is 4. The van der Waals surface area contributed by atoms with Crippen LogP contribution in [0.4, 0.5) is 8.78 Å². The van der Waals surface area contributed by atoms with Gasteiger partial charge in [-0.05, 0) is 66.8 Å². The summed E-state index contributed by atoms with van der Waals surface area (Å²) < 4.78 is 60.8. The lowest BCUT2D eigenvalue weighted by atomic mass is 9.73. The molecule has 0 bridgehead atoms. The molecular formula is C31H28F2N4O3S. The number of halogens is 2. The van der Waals surface area contributed by atoms with Gasteiger partial charge in [0, 0.05) is 43.2 Å². The Morgan fingerprint density at radius 3 is 2.41 bits per heavy atom. The van der Waals surface area contributed by atoms with Crippen LogP contribution < -0.4 is 5.56 Å². The Bertz CT molecular complexity index is 1930. The first-order valence-corrected chi connectivity index (χ1v) is 14.7. The first-order valence-electron chi connectivity index (χ1n) is 13.2. The average Bonchev–Trinajstić information content (AvgIpc) is 3.55. The summed E-state index contributed by atoms with van der Waals surface area (Å²) in [6.07, 6.45) is 4.48. The Hall–Kier alpha value is -4.15. The van der Waals surface area contributed by atoms with Crippen molar-refractivity contribution in [3.8, 4) is 5.69 Å². The third-order valence-corrected chi connectivity index (χ3v) is 9.92. The van der Waals surface area contributed by atoms with Crippen molar-refractivity contribution in [2.24, 2.45) is 7.05 Å². The van der Waals surface area contributed by atoms with Crippen molar-refractivity contribution >= 4 is 20.9 Å². The fourth-order valence-corrected chi connectivity index (χ4v) is 7.64. The average molecular weight is 575 g/mol. The number of aromatic nitrogens is 3. The molecule has 5 aromatic rings. The van der Waals surface area contributed by atoms with Gasteiger partial charge in [-0.1, -0.05) is 36.4 Å². The van der Waals surface area contributed by atoms with E-state index in [1.807, 2.05) is 49.4 Å². The Morgan fingerprint density at radius 1 is 0.976 bits per heavy atom. The zero-order valence-corrected chi connectivity index (χ0v) is 23.4. The normalized spacial score (nSPS) is 17.9. The summed E-state index contributed by atoms with van der Waals surface area (Å²) in [6.45, 7) is 2.17. The molecule has 6 rings (SSSR count). The van der Waals surface area contributed by atoms with E-state index in [0.717, 1.165) is 51.5 Å². The molecule has 1 aliphatic rings. The lowest BCUT2D eigenvalue weighted by Gasteiger charge is -2.32. The molecule has 1 saturated heterocycles. The molecule has 1 unspecified atom stereocenters.